The van der Waals surface area contributed by atoms with Crippen LogP contribution in [0.15, 0.2) is 30.3 Å². The Morgan fingerprint density at radius 3 is 1.62 bits per heavy atom. The van der Waals surface area contributed by atoms with Crippen molar-refractivity contribution in [1.29, 1.82) is 0 Å². The first-order chi connectivity index (χ1) is 10.4. The number of aliphatic hydroxyl groups is 1. The van der Waals surface area contributed by atoms with Crippen molar-refractivity contribution in [1.82, 2.24) is 0 Å². The third kappa shape index (κ3) is 11.5. The molecule has 119 valence electrons. The van der Waals surface area contributed by atoms with E-state index >= 15 is 0 Å². The van der Waals surface area contributed by atoms with Crippen molar-refractivity contribution < 1.29 is 5.11 Å². The highest BCUT2D eigenvalue weighted by Crippen LogP contribution is 2.13. The molecule has 0 aliphatic rings. The molecular weight excluding hydrogens is 256 g/mol. The minimum absolute atomic E-state index is 0.864. The standard InChI is InChI=1S/C20H33O/c21-19-15-10-8-6-4-2-1-3-5-7-9-12-16-20-17-13-11-14-18-20/h11,13-14,17-19,21H,1-10,12,15-16H2. The fraction of sp³-hybridized carbons (Fsp3) is 0.650. The summed E-state index contributed by atoms with van der Waals surface area (Å²) in [7, 11) is 0. The van der Waals surface area contributed by atoms with Crippen molar-refractivity contribution in [2.75, 3.05) is 0 Å². The maximum absolute atomic E-state index is 8.57. The molecule has 0 unspecified atom stereocenters. The summed E-state index contributed by atoms with van der Waals surface area (Å²) >= 11 is 0. The van der Waals surface area contributed by atoms with E-state index in [1.807, 2.05) is 0 Å². The topological polar surface area (TPSA) is 20.2 Å². The maximum Gasteiger partial charge on any atom is 0.0799 e. The lowest BCUT2D eigenvalue weighted by molar-refractivity contribution is 0.367. The lowest BCUT2D eigenvalue weighted by atomic mass is 10.0. The van der Waals surface area contributed by atoms with Crippen LogP contribution in [0.25, 0.3) is 0 Å². The summed E-state index contributed by atoms with van der Waals surface area (Å²) in [5.74, 6) is 0. The number of aryl methyl sites for hydroxylation is 1. The average molecular weight is 289 g/mol. The van der Waals surface area contributed by atoms with Crippen LogP contribution in [-0.2, 0) is 6.42 Å². The molecule has 0 aliphatic heterocycles. The van der Waals surface area contributed by atoms with Crippen LogP contribution in [0.3, 0.4) is 0 Å². The number of hydrogen-bond acceptors (Lipinski definition) is 1. The van der Waals surface area contributed by atoms with Gasteiger partial charge in [-0.25, -0.2) is 0 Å². The van der Waals surface area contributed by atoms with Gasteiger partial charge in [-0.3, -0.25) is 0 Å². The molecule has 1 heteroatoms. The monoisotopic (exact) mass is 289 g/mol. The Morgan fingerprint density at radius 2 is 1.10 bits per heavy atom. The van der Waals surface area contributed by atoms with Gasteiger partial charge in [0.25, 0.3) is 0 Å². The first kappa shape index (κ1) is 18.2. The van der Waals surface area contributed by atoms with Gasteiger partial charge < -0.3 is 5.11 Å². The first-order valence-corrected chi connectivity index (χ1v) is 8.93. The van der Waals surface area contributed by atoms with Crippen LogP contribution in [0, 0.1) is 6.61 Å². The van der Waals surface area contributed by atoms with Crippen LogP contribution < -0.4 is 0 Å². The zero-order chi connectivity index (χ0) is 15.0. The predicted octanol–water partition coefficient (Wildman–Crippen LogP) is 6.44. The molecule has 0 amide bonds. The third-order valence-electron chi connectivity index (χ3n) is 4.14. The molecule has 0 fully saturated rings. The van der Waals surface area contributed by atoms with Gasteiger partial charge in [-0.15, -0.1) is 0 Å². The van der Waals surface area contributed by atoms with E-state index in [9.17, 15) is 0 Å². The highest BCUT2D eigenvalue weighted by Gasteiger charge is 1.95. The van der Waals surface area contributed by atoms with Crippen molar-refractivity contribution in [2.45, 2.75) is 83.5 Å². The molecular formula is C20H33O. The van der Waals surface area contributed by atoms with Crippen LogP contribution in [0.1, 0.15) is 82.6 Å². The fourth-order valence-corrected chi connectivity index (χ4v) is 2.80. The summed E-state index contributed by atoms with van der Waals surface area (Å²) in [5, 5.41) is 8.57. The predicted molar refractivity (Wildman–Crippen MR) is 91.8 cm³/mol. The van der Waals surface area contributed by atoms with Crippen molar-refractivity contribution in [3.63, 3.8) is 0 Å². The van der Waals surface area contributed by atoms with Crippen molar-refractivity contribution in [3.8, 4) is 0 Å². The Balaban J connectivity index is 1.75. The normalized spacial score (nSPS) is 10.9. The second-order valence-corrected chi connectivity index (χ2v) is 6.10. The molecule has 1 N–H and O–H groups in total. The minimum Gasteiger partial charge on any atom is -0.390 e. The molecule has 0 heterocycles. The lowest BCUT2D eigenvalue weighted by Gasteiger charge is -2.03. The van der Waals surface area contributed by atoms with Crippen LogP contribution in [0.4, 0.5) is 0 Å². The number of rotatable bonds is 14. The number of hydrogen-bond donors (Lipinski definition) is 1. The minimum atomic E-state index is 0.864. The molecule has 21 heavy (non-hydrogen) atoms. The maximum atomic E-state index is 8.57. The molecule has 0 atom stereocenters. The van der Waals surface area contributed by atoms with E-state index in [-0.39, 0.29) is 0 Å². The highest BCUT2D eigenvalue weighted by atomic mass is 16.2. The quantitative estimate of drug-likeness (QED) is 0.390. The van der Waals surface area contributed by atoms with E-state index in [0.29, 0.717) is 0 Å². The first-order valence-electron chi connectivity index (χ1n) is 8.93. The summed E-state index contributed by atoms with van der Waals surface area (Å²) in [6, 6.07) is 10.8. The van der Waals surface area contributed by atoms with Gasteiger partial charge in [-0.1, -0.05) is 94.5 Å². The van der Waals surface area contributed by atoms with E-state index < -0.39 is 0 Å². The molecule has 0 spiro atoms. The Kier molecular flexibility index (Phi) is 12.3. The van der Waals surface area contributed by atoms with E-state index in [2.05, 4.69) is 30.3 Å². The molecule has 1 rings (SSSR count). The van der Waals surface area contributed by atoms with Crippen LogP contribution in [0.5, 0.6) is 0 Å². The van der Waals surface area contributed by atoms with E-state index in [4.69, 9.17) is 5.11 Å². The second kappa shape index (κ2) is 14.1. The summed E-state index contributed by atoms with van der Waals surface area (Å²) in [6.07, 6.45) is 17.0. The average Bonchev–Trinajstić information content (AvgIpc) is 2.53. The molecule has 0 aromatic heterocycles. The third-order valence-corrected chi connectivity index (χ3v) is 4.14. The summed E-state index contributed by atoms with van der Waals surface area (Å²) in [5.41, 5.74) is 1.48. The van der Waals surface area contributed by atoms with Gasteiger partial charge in [0.05, 0.1) is 6.61 Å². The van der Waals surface area contributed by atoms with Crippen LogP contribution in [-0.4, -0.2) is 5.11 Å². The summed E-state index contributed by atoms with van der Waals surface area (Å²) in [6.45, 7) is 1.29. The van der Waals surface area contributed by atoms with Crippen molar-refractivity contribution in [3.05, 3.63) is 42.5 Å². The van der Waals surface area contributed by atoms with E-state index in [1.54, 1.807) is 0 Å². The number of aliphatic hydroxyl groups excluding tert-OH is 1. The van der Waals surface area contributed by atoms with Gasteiger partial charge in [0.15, 0.2) is 0 Å². The molecule has 0 bridgehead atoms. The molecule has 1 aromatic carbocycles. The van der Waals surface area contributed by atoms with Crippen molar-refractivity contribution >= 4 is 0 Å². The number of unbranched alkanes of at least 4 members (excludes halogenated alkanes) is 11. The smallest absolute Gasteiger partial charge is 0.0799 e. The molecule has 1 aromatic rings. The highest BCUT2D eigenvalue weighted by molar-refractivity contribution is 5.14. The fourth-order valence-electron chi connectivity index (χ4n) is 2.80. The lowest BCUT2D eigenvalue weighted by Crippen LogP contribution is -1.86. The molecule has 0 aliphatic carbocycles. The van der Waals surface area contributed by atoms with E-state index in [0.717, 1.165) is 12.8 Å². The molecule has 0 saturated carbocycles. The zero-order valence-electron chi connectivity index (χ0n) is 13.6. The second-order valence-electron chi connectivity index (χ2n) is 6.10. The number of benzene rings is 1. The molecule has 1 nitrogen and oxygen atoms in total. The van der Waals surface area contributed by atoms with Gasteiger partial charge >= 0.3 is 0 Å². The Bertz CT molecular complexity index is 307. The summed E-state index contributed by atoms with van der Waals surface area (Å²) in [4.78, 5) is 0. The van der Waals surface area contributed by atoms with Gasteiger partial charge in [-0.05, 0) is 24.8 Å². The van der Waals surface area contributed by atoms with Gasteiger partial charge in [0.2, 0.25) is 0 Å². The Labute approximate surface area is 131 Å². The Morgan fingerprint density at radius 1 is 0.619 bits per heavy atom. The van der Waals surface area contributed by atoms with Gasteiger partial charge in [-0.2, -0.15) is 0 Å². The van der Waals surface area contributed by atoms with Crippen LogP contribution >= 0.6 is 0 Å². The SMILES string of the molecule is O[CH]CCCCCCCCCCCCCc1ccccc1. The largest absolute Gasteiger partial charge is 0.390 e. The van der Waals surface area contributed by atoms with Crippen molar-refractivity contribution in [2.24, 2.45) is 0 Å². The molecule has 1 radical (unpaired) electrons. The Hall–Kier alpha value is -0.820. The van der Waals surface area contributed by atoms with E-state index in [1.165, 1.54) is 82.8 Å². The van der Waals surface area contributed by atoms with Gasteiger partial charge in [0.1, 0.15) is 0 Å². The zero-order valence-corrected chi connectivity index (χ0v) is 13.6. The summed E-state index contributed by atoms with van der Waals surface area (Å²) < 4.78 is 0. The molecule has 0 saturated heterocycles. The van der Waals surface area contributed by atoms with Gasteiger partial charge in [0, 0.05) is 0 Å². The van der Waals surface area contributed by atoms with Crippen LogP contribution in [0.2, 0.25) is 0 Å².